The number of anilines is 4. The molecule has 11 heterocycles. The van der Waals surface area contributed by atoms with Crippen molar-refractivity contribution in [2.45, 2.75) is 99.4 Å². The molecule has 0 aromatic carbocycles. The molecule has 15 atom stereocenters. The lowest BCUT2D eigenvalue weighted by molar-refractivity contribution is -0.216. The highest BCUT2D eigenvalue weighted by Crippen LogP contribution is 2.53. The fourth-order valence-electron chi connectivity index (χ4n) is 9.49. The molecular formula is C39H46N18O17P3S3-3. The molecule has 0 spiro atoms. The van der Waals surface area contributed by atoms with Crippen molar-refractivity contribution >= 4 is 113 Å². The van der Waals surface area contributed by atoms with Crippen LogP contribution in [-0.4, -0.2) is 154 Å². The Hall–Kier alpha value is -5.15. The van der Waals surface area contributed by atoms with Crippen LogP contribution in [0.25, 0.3) is 33.5 Å². The molecular weight excluding hydrogens is 1180 g/mol. The van der Waals surface area contributed by atoms with Gasteiger partial charge < -0.3 is 101 Å². The Bertz CT molecular complexity index is 3730. The van der Waals surface area contributed by atoms with E-state index in [2.05, 4.69) is 49.8 Å². The fraction of sp³-hybridized carbons (Fsp3) is 0.513. The number of aromatic nitrogens is 14. The highest BCUT2D eigenvalue weighted by atomic mass is 32.7. The molecule has 4 saturated heterocycles. The first-order valence-electron chi connectivity index (χ1n) is 23.9. The van der Waals surface area contributed by atoms with Crippen LogP contribution in [-0.2, 0) is 86.5 Å². The van der Waals surface area contributed by atoms with Crippen molar-refractivity contribution in [3.63, 3.8) is 0 Å². The Labute approximate surface area is 463 Å². The molecule has 430 valence electrons. The van der Waals surface area contributed by atoms with Gasteiger partial charge in [0.2, 0.25) is 5.95 Å². The van der Waals surface area contributed by atoms with Gasteiger partial charge in [-0.05, 0) is 6.07 Å². The molecule has 4 aliphatic heterocycles. The minimum atomic E-state index is -4.69. The van der Waals surface area contributed by atoms with Gasteiger partial charge in [0.05, 0.1) is 69.8 Å². The van der Waals surface area contributed by atoms with Gasteiger partial charge in [-0.15, -0.1) is 0 Å². The van der Waals surface area contributed by atoms with E-state index < -0.39 is 132 Å². The van der Waals surface area contributed by atoms with E-state index in [4.69, 9.17) is 105 Å². The van der Waals surface area contributed by atoms with E-state index in [0.29, 0.717) is 11.2 Å². The summed E-state index contributed by atoms with van der Waals surface area (Å²) in [6.45, 7) is -16.1. The molecule has 7 aromatic heterocycles. The molecule has 0 saturated carbocycles. The third-order valence-corrected chi connectivity index (χ3v) is 17.9. The second-order valence-corrected chi connectivity index (χ2v) is 26.5. The van der Waals surface area contributed by atoms with E-state index in [1.807, 2.05) is 0 Å². The maximum atomic E-state index is 14.4. The third kappa shape index (κ3) is 11.9. The van der Waals surface area contributed by atoms with Crippen molar-refractivity contribution < 1.29 is 70.7 Å². The minimum Gasteiger partial charge on any atom is -0.780 e. The first kappa shape index (κ1) is 56.7. The van der Waals surface area contributed by atoms with E-state index >= 15 is 0 Å². The largest absolute Gasteiger partial charge is 0.780 e. The molecule has 11 rings (SSSR count). The number of hydrogen-bond acceptors (Lipinski definition) is 33. The summed E-state index contributed by atoms with van der Waals surface area (Å²) in [7, 11) is 0. The lowest BCUT2D eigenvalue weighted by Crippen LogP contribution is -2.33. The number of nitrogens with two attached hydrogens (primary N) is 4. The number of nitrogens with one attached hydrogen (secondary N) is 1. The first-order valence-corrected chi connectivity index (χ1v) is 31.5. The van der Waals surface area contributed by atoms with Gasteiger partial charge in [0.1, 0.15) is 92.3 Å². The minimum absolute atomic E-state index is 0.00253. The van der Waals surface area contributed by atoms with Crippen molar-refractivity contribution in [3.05, 3.63) is 64.7 Å². The van der Waals surface area contributed by atoms with Gasteiger partial charge in [0, 0.05) is 31.9 Å². The summed E-state index contributed by atoms with van der Waals surface area (Å²) >= 11 is 16.1. The molecule has 80 heavy (non-hydrogen) atoms. The fourth-order valence-corrected chi connectivity index (χ4v) is 13.9. The Balaban J connectivity index is 0.789. The van der Waals surface area contributed by atoms with E-state index in [9.17, 15) is 34.2 Å². The first-order chi connectivity index (χ1) is 38.1. The Morgan fingerprint density at radius 3 is 1.69 bits per heavy atom. The van der Waals surface area contributed by atoms with Crippen LogP contribution >= 0.6 is 20.2 Å². The summed E-state index contributed by atoms with van der Waals surface area (Å²) in [4.78, 5) is 92.4. The maximum absolute atomic E-state index is 14.4. The number of aliphatic hydroxyl groups excluding tert-OH is 2. The molecule has 35 nitrogen and oxygen atoms in total. The molecule has 0 radical (unpaired) electrons. The highest BCUT2D eigenvalue weighted by Gasteiger charge is 2.45. The van der Waals surface area contributed by atoms with Gasteiger partial charge >= 0.3 is 5.69 Å². The molecule has 7 unspecified atom stereocenters. The Morgan fingerprint density at radius 2 is 1.12 bits per heavy atom. The van der Waals surface area contributed by atoms with Gasteiger partial charge in [0.25, 0.3) is 5.56 Å². The van der Waals surface area contributed by atoms with Gasteiger partial charge in [-0.25, -0.2) is 39.7 Å². The van der Waals surface area contributed by atoms with Crippen molar-refractivity contribution in [3.8, 4) is 0 Å². The van der Waals surface area contributed by atoms with E-state index in [1.165, 1.54) is 53.0 Å². The van der Waals surface area contributed by atoms with Crippen LogP contribution in [0.2, 0.25) is 0 Å². The molecule has 41 heteroatoms. The number of aliphatic hydroxyl groups is 2. The molecule has 7 aromatic rings. The van der Waals surface area contributed by atoms with Crippen LogP contribution < -0.4 is 44.0 Å². The smallest absolute Gasteiger partial charge is 0.351 e. The number of nitrogens with zero attached hydrogens (tertiary/aromatic N) is 13. The Morgan fingerprint density at radius 1 is 0.650 bits per heavy atom. The number of aromatic amines is 1. The summed E-state index contributed by atoms with van der Waals surface area (Å²) in [6, 6.07) is 1.38. The number of H-pyrrole nitrogens is 1. The summed E-state index contributed by atoms with van der Waals surface area (Å²) in [5, 5.41) is 21.0. The molecule has 4 fully saturated rings. The third-order valence-electron chi connectivity index (χ3n) is 13.2. The van der Waals surface area contributed by atoms with Crippen LogP contribution in [0, 0.1) is 0 Å². The second kappa shape index (κ2) is 22.5. The van der Waals surface area contributed by atoms with Crippen molar-refractivity contribution in [2.75, 3.05) is 49.4 Å². The van der Waals surface area contributed by atoms with Crippen molar-refractivity contribution in [1.29, 1.82) is 0 Å². The number of nitrogen functional groups attached to an aromatic ring is 4. The zero-order valence-electron chi connectivity index (χ0n) is 40.8. The zero-order valence-corrected chi connectivity index (χ0v) is 46.0. The summed E-state index contributed by atoms with van der Waals surface area (Å²) in [5.41, 5.74) is 23.1. The summed E-state index contributed by atoms with van der Waals surface area (Å²) in [6.07, 6.45) is -6.01. The number of imidazole rings is 3. The molecule has 0 amide bonds. The van der Waals surface area contributed by atoms with E-state index in [-0.39, 0.29) is 71.4 Å². The van der Waals surface area contributed by atoms with Crippen LogP contribution in [0.5, 0.6) is 0 Å². The summed E-state index contributed by atoms with van der Waals surface area (Å²) < 4.78 is 79.1. The van der Waals surface area contributed by atoms with Crippen molar-refractivity contribution in [1.82, 2.24) is 68.1 Å². The van der Waals surface area contributed by atoms with E-state index in [0.717, 1.165) is 4.57 Å². The average Bonchev–Trinajstić information content (AvgIpc) is 4.29. The molecule has 11 N–H and O–H groups in total. The summed E-state index contributed by atoms with van der Waals surface area (Å²) in [5.74, 6) is -0.0587. The average molecular weight is 1230 g/mol. The number of rotatable bonds is 20. The van der Waals surface area contributed by atoms with Gasteiger partial charge in [-0.3, -0.25) is 32.6 Å². The van der Waals surface area contributed by atoms with Gasteiger partial charge in [0.15, 0.2) is 40.9 Å². The van der Waals surface area contributed by atoms with Crippen LogP contribution in [0.15, 0.2) is 53.5 Å². The monoisotopic (exact) mass is 1230 g/mol. The quantitative estimate of drug-likeness (QED) is 0.0318. The van der Waals surface area contributed by atoms with Gasteiger partial charge in [-0.1, -0.05) is 23.6 Å². The number of hydrogen-bond donors (Lipinski definition) is 7. The number of fused-ring (bicyclic) bond motifs is 3. The molecule has 0 bridgehead atoms. The lowest BCUT2D eigenvalue weighted by Gasteiger charge is -2.35. The van der Waals surface area contributed by atoms with Crippen LogP contribution in [0.1, 0.15) is 50.6 Å². The Kier molecular flexibility index (Phi) is 16.0. The predicted molar refractivity (Wildman–Crippen MR) is 278 cm³/mol. The number of ether oxygens (including phenoxy) is 4. The maximum Gasteiger partial charge on any atom is 0.351 e. The lowest BCUT2D eigenvalue weighted by atomic mass is 10.2. The van der Waals surface area contributed by atoms with E-state index in [1.54, 1.807) is 4.57 Å². The second-order valence-electron chi connectivity index (χ2n) is 18.4. The molecule has 4 aliphatic rings. The predicted octanol–water partition coefficient (Wildman–Crippen LogP) is -2.08. The normalized spacial score (nSPS) is 29.4. The zero-order chi connectivity index (χ0) is 56.4. The highest BCUT2D eigenvalue weighted by molar-refractivity contribution is 8.32. The van der Waals surface area contributed by atoms with Crippen molar-refractivity contribution in [2.24, 2.45) is 0 Å². The SMILES string of the molecule is Nc1ccn([C@H]2CC(O)[C@@H](COP([O-])(=S)OC3C[C@H](n4cnc5c(N)ncnc54)O[C@@H]3COP(=O)([S-])OC3C[C@H](n4cnc5c(=O)[nH]c(N)nc54)O[C@@H]3COP([O-])(=S)OC3C[C@H](n4cnc5c(N)ncnc54)O[C@@H]3CO)O2)c(=O)n1. The standard InChI is InChI=1S/C39H49N18O17P3S3/c40-24-1-2-54(39(61)51-24)25-3-16(59)21(69-25)8-65-75(62,78)73-18-5-27(56-14-49-30-33(42)45-12-47-35(30)56)70-22(18)9-67-77(64,80)74-19-6-28(57-15-50-31-36(57)52-38(43)53-37(31)60)71-23(19)10-66-76(63,79)72-17-4-26(68-20(17)7-58)55-13-48-29-32(41)44-11-46-34(29)55/h1-2,11-23,25-28,58-59H,3-10H2,(H,62,78)(H,63,79)(H,64,80)(H2,40,51,61)(H2,41,44,46)(H2,42,45,47)(H3,43,52,53,60)/p-3/t16?,17?,18?,19?,20-,21-,22-,23-,25-,26-,27-,28-,75?,76?,77?/m1/s1. The molecule has 0 aliphatic carbocycles. The topological polar surface area (TPSA) is 486 Å². The van der Waals surface area contributed by atoms with Gasteiger partial charge in [-0.2, -0.15) is 9.97 Å². The van der Waals surface area contributed by atoms with Crippen LogP contribution in [0.4, 0.5) is 23.4 Å². The van der Waals surface area contributed by atoms with Crippen LogP contribution in [0.3, 0.4) is 0 Å².